The molecule has 102 valence electrons. The van der Waals surface area contributed by atoms with E-state index < -0.39 is 26.6 Å². The number of halogens is 1. The molecule has 0 aliphatic carbocycles. The summed E-state index contributed by atoms with van der Waals surface area (Å²) < 4.78 is 24.7. The smallest absolute Gasteiger partial charge is 0.263 e. The van der Waals surface area contributed by atoms with Crippen LogP contribution in [0.25, 0.3) is 0 Å². The van der Waals surface area contributed by atoms with Crippen molar-refractivity contribution in [1.82, 2.24) is 0 Å². The van der Waals surface area contributed by atoms with Gasteiger partial charge in [0.25, 0.3) is 5.08 Å². The highest BCUT2D eigenvalue weighted by molar-refractivity contribution is 14.1. The first kappa shape index (κ1) is 16.2. The Labute approximate surface area is 117 Å². The maximum atomic E-state index is 11.5. The van der Waals surface area contributed by atoms with E-state index in [4.69, 9.17) is 4.89 Å². The number of aromatic nitrogens is 1. The molecule has 0 amide bonds. The van der Waals surface area contributed by atoms with Gasteiger partial charge in [-0.3, -0.25) is 4.57 Å². The zero-order valence-corrected chi connectivity index (χ0v) is 13.2. The van der Waals surface area contributed by atoms with E-state index in [1.54, 1.807) is 12.1 Å². The molecule has 1 aromatic rings. The second-order valence-electron chi connectivity index (χ2n) is 3.87. The van der Waals surface area contributed by atoms with Crippen molar-refractivity contribution in [2.75, 3.05) is 6.66 Å². The number of pyridine rings is 1. The van der Waals surface area contributed by atoms with Gasteiger partial charge in [-0.25, -0.2) is 0 Å². The number of hydrogen-bond donors (Lipinski definition) is 3. The minimum absolute atomic E-state index is 0.683. The van der Waals surface area contributed by atoms with Crippen LogP contribution in [0.4, 0.5) is 0 Å². The van der Waals surface area contributed by atoms with Gasteiger partial charge in [0.05, 0.1) is 3.57 Å². The van der Waals surface area contributed by atoms with Crippen LogP contribution in [0.3, 0.4) is 0 Å². The Morgan fingerprint density at radius 2 is 2.06 bits per heavy atom. The van der Waals surface area contributed by atoms with Gasteiger partial charge in [-0.1, -0.05) is 0 Å². The largest absolute Gasteiger partial charge is 0.776 e. The van der Waals surface area contributed by atoms with Crippen molar-refractivity contribution in [2.45, 2.75) is 11.6 Å². The molecule has 3 unspecified atom stereocenters. The van der Waals surface area contributed by atoms with Crippen LogP contribution in [0.1, 0.15) is 0 Å². The third kappa shape index (κ3) is 3.39. The highest BCUT2D eigenvalue weighted by atomic mass is 127. The summed E-state index contributed by atoms with van der Waals surface area (Å²) in [5.74, 6) is 0. The quantitative estimate of drug-likeness (QED) is 0.357. The van der Waals surface area contributed by atoms with Crippen LogP contribution in [0.5, 0.6) is 0 Å². The normalized spacial score (nSPS) is 21.7. The third-order valence-corrected chi connectivity index (χ3v) is 7.36. The molecule has 0 saturated carbocycles. The maximum Gasteiger partial charge on any atom is 0.263 e. The Hall–Kier alpha value is 0.180. The molecule has 0 spiro atoms. The van der Waals surface area contributed by atoms with E-state index in [0.717, 1.165) is 3.57 Å². The molecule has 18 heavy (non-hydrogen) atoms. The lowest BCUT2D eigenvalue weighted by Crippen LogP contribution is -2.49. The van der Waals surface area contributed by atoms with E-state index in [1.807, 2.05) is 22.6 Å². The number of aliphatic hydroxyl groups is 1. The molecule has 0 bridgehead atoms. The van der Waals surface area contributed by atoms with Crippen LogP contribution in [0.2, 0.25) is 0 Å². The van der Waals surface area contributed by atoms with Crippen LogP contribution in [-0.2, 0) is 15.7 Å². The first-order chi connectivity index (χ1) is 7.97. The van der Waals surface area contributed by atoms with Gasteiger partial charge < -0.3 is 24.4 Å². The van der Waals surface area contributed by atoms with E-state index in [1.165, 1.54) is 17.0 Å². The first-order valence-corrected chi connectivity index (χ1v) is 9.45. The molecule has 0 aliphatic rings. The fourth-order valence-corrected chi connectivity index (χ4v) is 4.50. The molecule has 3 N–H and O–H groups in total. The number of rotatable bonds is 4. The Kier molecular flexibility index (Phi) is 4.76. The molecule has 0 saturated heterocycles. The van der Waals surface area contributed by atoms with E-state index in [2.05, 4.69) is 0 Å². The highest BCUT2D eigenvalue weighted by Gasteiger charge is 2.54. The van der Waals surface area contributed by atoms with Gasteiger partial charge in [0, 0.05) is 12.7 Å². The summed E-state index contributed by atoms with van der Waals surface area (Å²) in [4.78, 5) is 29.5. The van der Waals surface area contributed by atoms with E-state index >= 15 is 0 Å². The minimum atomic E-state index is -5.42. The molecule has 3 atom stereocenters. The summed E-state index contributed by atoms with van der Waals surface area (Å²) >= 11 is 1.96. The Morgan fingerprint density at radius 3 is 2.44 bits per heavy atom. The second-order valence-corrected chi connectivity index (χ2v) is 9.75. The summed E-state index contributed by atoms with van der Waals surface area (Å²) in [6.45, 7) is -0.0480. The first-order valence-electron chi connectivity index (χ1n) is 4.68. The van der Waals surface area contributed by atoms with Gasteiger partial charge in [0.2, 0.25) is 7.37 Å². The molecule has 1 heterocycles. The van der Waals surface area contributed by atoms with E-state index in [0.29, 0.717) is 6.66 Å². The third-order valence-electron chi connectivity index (χ3n) is 2.33. The van der Waals surface area contributed by atoms with Crippen molar-refractivity contribution in [3.05, 3.63) is 28.1 Å². The molecule has 7 nitrogen and oxygen atoms in total. The standard InChI is InChI=1S/C8H12INO6P2/c1-17(12,13)8(11,18(14,15)16)6-10-4-2-3-7(9)5-10/h2-5,11H,6H2,1H3,(H2-,12,13,14,15,16). The van der Waals surface area contributed by atoms with Crippen LogP contribution in [0.15, 0.2) is 24.5 Å². The van der Waals surface area contributed by atoms with Gasteiger partial charge in [-0.05, 0) is 28.7 Å². The molecule has 0 aliphatic heterocycles. The van der Waals surface area contributed by atoms with Crippen molar-refractivity contribution >= 4 is 37.6 Å². The average molecular weight is 407 g/mol. The van der Waals surface area contributed by atoms with Crippen LogP contribution in [-0.4, -0.2) is 26.6 Å². The van der Waals surface area contributed by atoms with Crippen molar-refractivity contribution in [3.8, 4) is 0 Å². The second kappa shape index (κ2) is 5.28. The van der Waals surface area contributed by atoms with Gasteiger partial charge in [0.1, 0.15) is 0 Å². The predicted molar refractivity (Wildman–Crippen MR) is 69.9 cm³/mol. The summed E-state index contributed by atoms with van der Waals surface area (Å²) in [5.41, 5.74) is 0. The van der Waals surface area contributed by atoms with Gasteiger partial charge >= 0.3 is 0 Å². The summed E-state index contributed by atoms with van der Waals surface area (Å²) in [5, 5.41) is 6.76. The number of hydrogen-bond acceptors (Lipinski definition) is 4. The molecule has 1 rings (SSSR count). The lowest BCUT2D eigenvalue weighted by atomic mass is 10.5. The Morgan fingerprint density at radius 1 is 1.50 bits per heavy atom. The SMILES string of the molecule is CP(=O)(O)C(O)(C[n+]1cccc(I)c1)P(=O)([O-])O. The topological polar surface area (TPSA) is 122 Å². The molecule has 1 aromatic heterocycles. The molecular weight excluding hydrogens is 395 g/mol. The van der Waals surface area contributed by atoms with E-state index in [-0.39, 0.29) is 0 Å². The van der Waals surface area contributed by atoms with Crippen LogP contribution < -0.4 is 9.46 Å². The van der Waals surface area contributed by atoms with Crippen molar-refractivity contribution in [1.29, 1.82) is 0 Å². The lowest BCUT2D eigenvalue weighted by molar-refractivity contribution is -0.704. The monoisotopic (exact) mass is 407 g/mol. The molecule has 0 fully saturated rings. The predicted octanol–water partition coefficient (Wildman–Crippen LogP) is -0.329. The minimum Gasteiger partial charge on any atom is -0.776 e. The lowest BCUT2D eigenvalue weighted by Gasteiger charge is -2.35. The van der Waals surface area contributed by atoms with Crippen molar-refractivity contribution in [3.63, 3.8) is 0 Å². The molecule has 0 radical (unpaired) electrons. The molecule has 0 aromatic carbocycles. The summed E-state index contributed by atoms with van der Waals surface area (Å²) in [7, 11) is -9.90. The van der Waals surface area contributed by atoms with Gasteiger partial charge in [-0.15, -0.1) is 0 Å². The Bertz CT molecular complexity index is 516. The van der Waals surface area contributed by atoms with Crippen LogP contribution in [0, 0.1) is 3.57 Å². The highest BCUT2D eigenvalue weighted by Crippen LogP contribution is 2.65. The van der Waals surface area contributed by atoms with E-state index in [9.17, 15) is 24.0 Å². The summed E-state index contributed by atoms with van der Waals surface area (Å²) in [6, 6.07) is 3.30. The maximum absolute atomic E-state index is 11.5. The fraction of sp³-hybridized carbons (Fsp3) is 0.375. The van der Waals surface area contributed by atoms with Crippen LogP contribution >= 0.6 is 37.6 Å². The Balaban J connectivity index is 3.25. The van der Waals surface area contributed by atoms with Gasteiger partial charge in [0.15, 0.2) is 26.5 Å². The fourth-order valence-electron chi connectivity index (χ4n) is 1.29. The molecular formula is C8H12INO6P2. The number of nitrogens with zero attached hydrogens (tertiary/aromatic N) is 1. The van der Waals surface area contributed by atoms with Crippen molar-refractivity contribution < 1.29 is 33.5 Å². The average Bonchev–Trinajstić information content (AvgIpc) is 2.13. The summed E-state index contributed by atoms with van der Waals surface area (Å²) in [6.07, 6.45) is 2.88. The zero-order chi connectivity index (χ0) is 14.2. The van der Waals surface area contributed by atoms with Crippen molar-refractivity contribution in [2.24, 2.45) is 0 Å². The zero-order valence-electron chi connectivity index (χ0n) is 9.30. The van der Waals surface area contributed by atoms with Gasteiger partial charge in [-0.2, -0.15) is 4.57 Å². The molecule has 10 heteroatoms.